The van der Waals surface area contributed by atoms with Gasteiger partial charge in [0.15, 0.2) is 6.04 Å². The normalized spacial score (nSPS) is 21.2. The lowest BCUT2D eigenvalue weighted by Crippen LogP contribution is -2.34. The molecule has 0 fully saturated rings. The summed E-state index contributed by atoms with van der Waals surface area (Å²) in [6, 6.07) is 4.76. The second kappa shape index (κ2) is 4.89. The first-order chi connectivity index (χ1) is 8.79. The zero-order valence-electron chi connectivity index (χ0n) is 11.2. The van der Waals surface area contributed by atoms with Crippen LogP contribution in [0.2, 0.25) is 0 Å². The first kappa shape index (κ1) is 13.9. The van der Waals surface area contributed by atoms with Gasteiger partial charge in [0.05, 0.1) is 5.04 Å². The van der Waals surface area contributed by atoms with Gasteiger partial charge in [0.2, 0.25) is 0 Å². The van der Waals surface area contributed by atoms with Gasteiger partial charge in [-0.25, -0.2) is 4.79 Å². The maximum Gasteiger partial charge on any atom is 0.329 e. The molecule has 5 heteroatoms. The molecular weight excluding hydrogens is 262 g/mol. The van der Waals surface area contributed by atoms with E-state index in [-0.39, 0.29) is 5.75 Å². The molecule has 0 unspecified atom stereocenters. The van der Waals surface area contributed by atoms with Crippen molar-refractivity contribution < 1.29 is 15.0 Å². The third kappa shape index (κ3) is 2.92. The summed E-state index contributed by atoms with van der Waals surface area (Å²) < 4.78 is -0.443. The second-order valence-electron chi connectivity index (χ2n) is 5.28. The molecule has 0 saturated carbocycles. The van der Waals surface area contributed by atoms with Crippen LogP contribution < -0.4 is 0 Å². The predicted molar refractivity (Wildman–Crippen MR) is 77.1 cm³/mol. The van der Waals surface area contributed by atoms with Crippen molar-refractivity contribution in [1.82, 2.24) is 0 Å². The highest BCUT2D eigenvalue weighted by molar-refractivity contribution is 8.15. The monoisotopic (exact) mass is 279 g/mol. The lowest BCUT2D eigenvalue weighted by atomic mass is 10.0. The summed E-state index contributed by atoms with van der Waals surface area (Å²) in [6.07, 6.45) is 0.476. The number of aliphatic carboxylic acids is 1. The van der Waals surface area contributed by atoms with E-state index in [1.54, 1.807) is 6.07 Å². The van der Waals surface area contributed by atoms with Gasteiger partial charge in [-0.2, -0.15) is 0 Å². The number of aryl methyl sites for hydroxylation is 1. The Morgan fingerprint density at radius 2 is 2.16 bits per heavy atom. The van der Waals surface area contributed by atoms with Gasteiger partial charge < -0.3 is 10.2 Å². The number of aliphatic imine (C=N–C) groups is 1. The van der Waals surface area contributed by atoms with Crippen LogP contribution >= 0.6 is 11.8 Å². The highest BCUT2D eigenvalue weighted by Crippen LogP contribution is 2.39. The van der Waals surface area contributed by atoms with Gasteiger partial charge in [-0.1, -0.05) is 12.1 Å². The van der Waals surface area contributed by atoms with Crippen LogP contribution in [0.15, 0.2) is 23.2 Å². The summed E-state index contributed by atoms with van der Waals surface area (Å²) in [5, 5.41) is 19.8. The number of carboxylic acid groups (broad SMARTS) is 1. The molecule has 0 aromatic heterocycles. The van der Waals surface area contributed by atoms with Crippen LogP contribution in [-0.2, 0) is 11.2 Å². The average Bonchev–Trinajstić information content (AvgIpc) is 2.58. The minimum absolute atomic E-state index is 0.236. The van der Waals surface area contributed by atoms with E-state index in [2.05, 4.69) is 4.99 Å². The number of nitrogens with zero attached hydrogens (tertiary/aromatic N) is 1. The number of thioether (sulfide) groups is 1. The molecule has 1 aliphatic heterocycles. The lowest BCUT2D eigenvalue weighted by molar-refractivity contribution is -0.138. The van der Waals surface area contributed by atoms with E-state index < -0.39 is 16.8 Å². The SMILES string of the molecule is Cc1ccc(CC2=N[C@@H](C(=O)O)C(C)(C)S2)c(O)c1. The first-order valence-electron chi connectivity index (χ1n) is 6.06. The molecule has 102 valence electrons. The third-order valence-electron chi connectivity index (χ3n) is 3.13. The number of hydrogen-bond acceptors (Lipinski definition) is 4. The Hall–Kier alpha value is -1.49. The maximum atomic E-state index is 11.2. The highest BCUT2D eigenvalue weighted by atomic mass is 32.2. The Labute approximate surface area is 116 Å². The number of phenolic OH excluding ortho intramolecular Hbond substituents is 1. The molecule has 1 aliphatic rings. The van der Waals surface area contributed by atoms with Crippen LogP contribution in [-0.4, -0.2) is 32.0 Å². The van der Waals surface area contributed by atoms with Crippen molar-refractivity contribution in [2.75, 3.05) is 0 Å². The summed E-state index contributed by atoms with van der Waals surface area (Å²) >= 11 is 1.47. The third-order valence-corrected chi connectivity index (χ3v) is 4.36. The van der Waals surface area contributed by atoms with Gasteiger partial charge in [0, 0.05) is 16.7 Å². The Morgan fingerprint density at radius 1 is 1.47 bits per heavy atom. The molecule has 1 aromatic rings. The number of rotatable bonds is 3. The molecule has 0 amide bonds. The van der Waals surface area contributed by atoms with Gasteiger partial charge in [0.25, 0.3) is 0 Å². The Bertz CT molecular complexity index is 552. The Balaban J connectivity index is 2.21. The van der Waals surface area contributed by atoms with Crippen LogP contribution in [0.3, 0.4) is 0 Å². The minimum atomic E-state index is -0.902. The van der Waals surface area contributed by atoms with Crippen LogP contribution in [0.5, 0.6) is 5.75 Å². The summed E-state index contributed by atoms with van der Waals surface area (Å²) in [5.41, 5.74) is 1.77. The zero-order chi connectivity index (χ0) is 14.2. The molecule has 1 aromatic carbocycles. The predicted octanol–water partition coefficient (Wildman–Crippen LogP) is 2.62. The Kier molecular flexibility index (Phi) is 3.58. The topological polar surface area (TPSA) is 69.9 Å². The molecule has 19 heavy (non-hydrogen) atoms. The maximum absolute atomic E-state index is 11.2. The van der Waals surface area contributed by atoms with Crippen LogP contribution in [0.4, 0.5) is 0 Å². The van der Waals surface area contributed by atoms with Crippen LogP contribution in [0.1, 0.15) is 25.0 Å². The van der Waals surface area contributed by atoms with E-state index in [0.29, 0.717) is 6.42 Å². The molecule has 0 radical (unpaired) electrons. The van der Waals surface area contributed by atoms with Crippen molar-refractivity contribution in [1.29, 1.82) is 0 Å². The van der Waals surface area contributed by atoms with Crippen molar-refractivity contribution in [3.8, 4) is 5.75 Å². The van der Waals surface area contributed by atoms with E-state index in [1.165, 1.54) is 11.8 Å². The number of aromatic hydroxyl groups is 1. The van der Waals surface area contributed by atoms with Crippen molar-refractivity contribution in [3.63, 3.8) is 0 Å². The quantitative estimate of drug-likeness (QED) is 0.892. The van der Waals surface area contributed by atoms with Gasteiger partial charge in [-0.3, -0.25) is 4.99 Å². The largest absolute Gasteiger partial charge is 0.508 e. The van der Waals surface area contributed by atoms with Crippen LogP contribution in [0, 0.1) is 6.92 Å². The molecule has 0 saturated heterocycles. The standard InChI is InChI=1S/C14H17NO3S/c1-8-4-5-9(10(16)6-8)7-11-15-12(13(17)18)14(2,3)19-11/h4-6,12,16H,7H2,1-3H3,(H,17,18)/t12-/m0/s1. The number of benzene rings is 1. The zero-order valence-corrected chi connectivity index (χ0v) is 12.0. The molecule has 4 nitrogen and oxygen atoms in total. The molecule has 1 atom stereocenters. The molecule has 1 heterocycles. The van der Waals surface area contributed by atoms with E-state index in [0.717, 1.165) is 16.2 Å². The summed E-state index contributed by atoms with van der Waals surface area (Å²) in [7, 11) is 0. The Morgan fingerprint density at radius 3 is 2.68 bits per heavy atom. The highest BCUT2D eigenvalue weighted by Gasteiger charge is 2.42. The van der Waals surface area contributed by atoms with E-state index in [4.69, 9.17) is 5.11 Å². The molecule has 2 rings (SSSR count). The second-order valence-corrected chi connectivity index (χ2v) is 7.01. The number of phenols is 1. The number of carboxylic acids is 1. The van der Waals surface area contributed by atoms with Crippen LogP contribution in [0.25, 0.3) is 0 Å². The van der Waals surface area contributed by atoms with E-state index in [1.807, 2.05) is 32.9 Å². The summed E-state index contributed by atoms with van der Waals surface area (Å²) in [4.78, 5) is 15.4. The van der Waals surface area contributed by atoms with Crippen molar-refractivity contribution in [3.05, 3.63) is 29.3 Å². The smallest absolute Gasteiger partial charge is 0.329 e. The van der Waals surface area contributed by atoms with Crippen molar-refractivity contribution in [2.24, 2.45) is 4.99 Å². The summed E-state index contributed by atoms with van der Waals surface area (Å²) in [6.45, 7) is 5.67. The fourth-order valence-corrected chi connectivity index (χ4v) is 3.36. The van der Waals surface area contributed by atoms with Gasteiger partial charge in [-0.05, 0) is 32.4 Å². The average molecular weight is 279 g/mol. The van der Waals surface area contributed by atoms with Gasteiger partial charge >= 0.3 is 5.97 Å². The fourth-order valence-electron chi connectivity index (χ4n) is 2.11. The van der Waals surface area contributed by atoms with E-state index in [9.17, 15) is 9.90 Å². The van der Waals surface area contributed by atoms with Gasteiger partial charge in [0.1, 0.15) is 5.75 Å². The molecular formula is C14H17NO3S. The van der Waals surface area contributed by atoms with E-state index >= 15 is 0 Å². The molecule has 2 N–H and O–H groups in total. The lowest BCUT2D eigenvalue weighted by Gasteiger charge is -2.20. The fraction of sp³-hybridized carbons (Fsp3) is 0.429. The molecule has 0 bridgehead atoms. The number of carbonyl (C=O) groups is 1. The minimum Gasteiger partial charge on any atom is -0.508 e. The van der Waals surface area contributed by atoms with Crippen molar-refractivity contribution >= 4 is 22.8 Å². The first-order valence-corrected chi connectivity index (χ1v) is 6.88. The van der Waals surface area contributed by atoms with Crippen molar-refractivity contribution in [2.45, 2.75) is 38.0 Å². The molecule has 0 spiro atoms. The molecule has 0 aliphatic carbocycles. The number of hydrogen-bond donors (Lipinski definition) is 2. The van der Waals surface area contributed by atoms with Gasteiger partial charge in [-0.15, -0.1) is 11.8 Å². The summed E-state index contributed by atoms with van der Waals surface area (Å²) in [5.74, 6) is -0.666.